The molecule has 27 heavy (non-hydrogen) atoms. The number of benzene rings is 1. The fourth-order valence-electron chi connectivity index (χ4n) is 3.15. The van der Waals surface area contributed by atoms with Gasteiger partial charge in [0.1, 0.15) is 0 Å². The maximum atomic E-state index is 14.6. The molecule has 2 N–H and O–H groups in total. The molecule has 0 radical (unpaired) electrons. The molecule has 8 heteroatoms. The monoisotopic (exact) mass is 369 g/mol. The van der Waals surface area contributed by atoms with Crippen molar-refractivity contribution in [1.82, 2.24) is 14.9 Å². The number of rotatable bonds is 4. The van der Waals surface area contributed by atoms with E-state index in [1.165, 1.54) is 6.07 Å². The Morgan fingerprint density at radius 1 is 1.19 bits per heavy atom. The van der Waals surface area contributed by atoms with Crippen LogP contribution < -0.4 is 5.43 Å². The standard InChI is InChI=1S/C19H20FN5O2/c20-18-15(4-1-5-17(18)26)16-6-8-22-19(24-9-11-27-12-10-24)25(16)23-14-3-2-7-21-13-14/h1-8,13,19,23,26H,9-12H2. The molecule has 0 bridgehead atoms. The zero-order valence-corrected chi connectivity index (χ0v) is 14.6. The highest BCUT2D eigenvalue weighted by Gasteiger charge is 2.31. The van der Waals surface area contributed by atoms with Gasteiger partial charge in [-0.1, -0.05) is 6.07 Å². The third kappa shape index (κ3) is 3.62. The lowest BCUT2D eigenvalue weighted by molar-refractivity contribution is -0.00949. The molecular formula is C19H20FN5O2. The largest absolute Gasteiger partial charge is 0.505 e. The van der Waals surface area contributed by atoms with Gasteiger partial charge in [0.2, 0.25) is 0 Å². The highest BCUT2D eigenvalue weighted by atomic mass is 19.1. The Morgan fingerprint density at radius 3 is 2.81 bits per heavy atom. The summed E-state index contributed by atoms with van der Waals surface area (Å²) in [5, 5.41) is 11.6. The Balaban J connectivity index is 1.72. The number of hydrogen-bond donors (Lipinski definition) is 2. The summed E-state index contributed by atoms with van der Waals surface area (Å²) in [4.78, 5) is 10.9. The number of phenols is 1. The van der Waals surface area contributed by atoms with E-state index in [0.717, 1.165) is 5.69 Å². The molecule has 1 aromatic carbocycles. The van der Waals surface area contributed by atoms with Crippen molar-refractivity contribution in [2.24, 2.45) is 4.99 Å². The first-order valence-corrected chi connectivity index (χ1v) is 8.73. The second-order valence-corrected chi connectivity index (χ2v) is 6.21. The van der Waals surface area contributed by atoms with E-state index < -0.39 is 5.82 Å². The van der Waals surface area contributed by atoms with Gasteiger partial charge in [0.05, 0.1) is 30.8 Å². The van der Waals surface area contributed by atoms with Gasteiger partial charge in [-0.05, 0) is 30.3 Å². The topological polar surface area (TPSA) is 73.2 Å². The van der Waals surface area contributed by atoms with Crippen molar-refractivity contribution in [3.05, 3.63) is 60.2 Å². The minimum absolute atomic E-state index is 0.288. The van der Waals surface area contributed by atoms with Crippen LogP contribution in [0.15, 0.2) is 53.8 Å². The molecule has 1 aromatic heterocycles. The van der Waals surface area contributed by atoms with Crippen molar-refractivity contribution in [1.29, 1.82) is 0 Å². The number of phenolic OH excluding ortho intramolecular Hbond substituents is 1. The quantitative estimate of drug-likeness (QED) is 0.862. The van der Waals surface area contributed by atoms with Crippen LogP contribution in [-0.2, 0) is 4.74 Å². The van der Waals surface area contributed by atoms with Crippen LogP contribution in [0.25, 0.3) is 5.70 Å². The van der Waals surface area contributed by atoms with Gasteiger partial charge in [0.25, 0.3) is 0 Å². The summed E-state index contributed by atoms with van der Waals surface area (Å²) < 4.78 is 20.1. The van der Waals surface area contributed by atoms with Gasteiger partial charge < -0.3 is 9.84 Å². The van der Waals surface area contributed by atoms with Crippen molar-refractivity contribution in [3.63, 3.8) is 0 Å². The molecule has 7 nitrogen and oxygen atoms in total. The molecule has 1 atom stereocenters. The first-order valence-electron chi connectivity index (χ1n) is 8.73. The van der Waals surface area contributed by atoms with E-state index in [2.05, 4.69) is 20.3 Å². The zero-order valence-electron chi connectivity index (χ0n) is 14.6. The predicted octanol–water partition coefficient (Wildman–Crippen LogP) is 2.30. The third-order valence-corrected chi connectivity index (χ3v) is 4.48. The summed E-state index contributed by atoms with van der Waals surface area (Å²) >= 11 is 0. The third-order valence-electron chi connectivity index (χ3n) is 4.48. The second kappa shape index (κ2) is 7.73. The summed E-state index contributed by atoms with van der Waals surface area (Å²) in [5.74, 6) is -1.06. The first kappa shape index (κ1) is 17.4. The Hall–Kier alpha value is -2.97. The Labute approximate surface area is 156 Å². The number of nitrogens with one attached hydrogen (secondary N) is 1. The van der Waals surface area contributed by atoms with E-state index in [4.69, 9.17) is 4.74 Å². The van der Waals surface area contributed by atoms with Crippen molar-refractivity contribution >= 4 is 17.6 Å². The lowest BCUT2D eigenvalue weighted by atomic mass is 10.1. The number of allylic oxidation sites excluding steroid dienone is 1. The minimum Gasteiger partial charge on any atom is -0.505 e. The summed E-state index contributed by atoms with van der Waals surface area (Å²) in [6, 6.07) is 8.27. The van der Waals surface area contributed by atoms with Crippen molar-refractivity contribution in [2.75, 3.05) is 31.7 Å². The van der Waals surface area contributed by atoms with Crippen LogP contribution >= 0.6 is 0 Å². The summed E-state index contributed by atoms with van der Waals surface area (Å²) in [6.07, 6.45) is 6.38. The van der Waals surface area contributed by atoms with Crippen molar-refractivity contribution in [3.8, 4) is 5.75 Å². The Bertz CT molecular complexity index is 852. The van der Waals surface area contributed by atoms with Crippen LogP contribution in [0.5, 0.6) is 5.75 Å². The number of aliphatic imine (C=N–C) groups is 1. The minimum atomic E-state index is -0.669. The molecule has 3 heterocycles. The summed E-state index contributed by atoms with van der Waals surface area (Å²) in [7, 11) is 0. The van der Waals surface area contributed by atoms with E-state index in [9.17, 15) is 9.50 Å². The van der Waals surface area contributed by atoms with Crippen LogP contribution in [-0.4, -0.2) is 58.8 Å². The Morgan fingerprint density at radius 2 is 2.04 bits per heavy atom. The van der Waals surface area contributed by atoms with E-state index in [0.29, 0.717) is 32.0 Å². The maximum Gasteiger partial charge on any atom is 0.196 e. The number of nitrogens with zero attached hydrogens (tertiary/aromatic N) is 4. The van der Waals surface area contributed by atoms with Crippen molar-refractivity contribution < 1.29 is 14.2 Å². The van der Waals surface area contributed by atoms with Crippen molar-refractivity contribution in [2.45, 2.75) is 6.29 Å². The average molecular weight is 369 g/mol. The Kier molecular flexibility index (Phi) is 4.99. The van der Waals surface area contributed by atoms with Crippen LogP contribution in [0.3, 0.4) is 0 Å². The fraction of sp³-hybridized carbons (Fsp3) is 0.263. The molecule has 0 amide bonds. The molecule has 1 saturated heterocycles. The predicted molar refractivity (Wildman–Crippen MR) is 100 cm³/mol. The van der Waals surface area contributed by atoms with Gasteiger partial charge in [-0.15, -0.1) is 0 Å². The highest BCUT2D eigenvalue weighted by Crippen LogP contribution is 2.31. The average Bonchev–Trinajstić information content (AvgIpc) is 2.72. The van der Waals surface area contributed by atoms with E-state index in [1.54, 1.807) is 41.8 Å². The molecular weight excluding hydrogens is 349 g/mol. The molecule has 2 aromatic rings. The summed E-state index contributed by atoms with van der Waals surface area (Å²) in [5.41, 5.74) is 4.89. The number of halogens is 1. The number of hydrazine groups is 1. The first-order chi connectivity index (χ1) is 13.2. The molecule has 0 spiro atoms. The van der Waals surface area contributed by atoms with Gasteiger partial charge in [-0.25, -0.2) is 9.40 Å². The highest BCUT2D eigenvalue weighted by molar-refractivity contribution is 5.86. The molecule has 4 rings (SSSR count). The van der Waals surface area contributed by atoms with Gasteiger partial charge in [-0.2, -0.15) is 0 Å². The fourth-order valence-corrected chi connectivity index (χ4v) is 3.15. The number of aromatic hydroxyl groups is 1. The molecule has 1 fully saturated rings. The van der Waals surface area contributed by atoms with Gasteiger partial charge in [-0.3, -0.25) is 20.3 Å². The van der Waals surface area contributed by atoms with Crippen LogP contribution in [0.2, 0.25) is 0 Å². The number of ether oxygens (including phenoxy) is 1. The number of morpholine rings is 1. The molecule has 140 valence electrons. The lowest BCUT2D eigenvalue weighted by Crippen LogP contribution is -2.53. The van der Waals surface area contributed by atoms with Crippen LogP contribution in [0.1, 0.15) is 5.56 Å². The van der Waals surface area contributed by atoms with Crippen LogP contribution in [0, 0.1) is 5.82 Å². The smallest absolute Gasteiger partial charge is 0.196 e. The molecule has 2 aliphatic rings. The van der Waals surface area contributed by atoms with Crippen LogP contribution in [0.4, 0.5) is 10.1 Å². The number of anilines is 1. The number of hydrogen-bond acceptors (Lipinski definition) is 7. The molecule has 1 unspecified atom stereocenters. The van der Waals surface area contributed by atoms with E-state index >= 15 is 0 Å². The van der Waals surface area contributed by atoms with Gasteiger partial charge in [0.15, 0.2) is 17.9 Å². The zero-order chi connectivity index (χ0) is 18.6. The van der Waals surface area contributed by atoms with Gasteiger partial charge in [0, 0.05) is 31.1 Å². The van der Waals surface area contributed by atoms with E-state index in [1.807, 2.05) is 12.1 Å². The second-order valence-electron chi connectivity index (χ2n) is 6.21. The molecule has 0 aliphatic carbocycles. The summed E-state index contributed by atoms with van der Waals surface area (Å²) in [6.45, 7) is 2.66. The van der Waals surface area contributed by atoms with Gasteiger partial charge >= 0.3 is 0 Å². The van der Waals surface area contributed by atoms with E-state index in [-0.39, 0.29) is 17.6 Å². The SMILES string of the molecule is Oc1cccc(C2=CC=NC(N3CCOCC3)N2Nc2cccnc2)c1F. The number of aromatic nitrogens is 1. The maximum absolute atomic E-state index is 14.6. The molecule has 2 aliphatic heterocycles. The number of pyridine rings is 1. The normalized spacial score (nSPS) is 20.4. The molecule has 0 saturated carbocycles. The lowest BCUT2D eigenvalue weighted by Gasteiger charge is -2.42.